The molecule has 0 spiro atoms. The Kier molecular flexibility index (Phi) is 2.29. The first-order valence-electron chi connectivity index (χ1n) is 4.48. The standard InChI is InChI=1S/C10H10N2O3/c1-15-8-5-3-2-4-7(8)12-9(13)6-11-10(12)14/h2-5H,6H2,1H3,(H,11,14). The van der Waals surface area contributed by atoms with Crippen LogP contribution in [0.15, 0.2) is 24.3 Å². The molecule has 1 aromatic rings. The van der Waals surface area contributed by atoms with Crippen LogP contribution in [0.1, 0.15) is 0 Å². The van der Waals surface area contributed by atoms with Crippen LogP contribution in [0.3, 0.4) is 0 Å². The normalized spacial score (nSPS) is 15.4. The van der Waals surface area contributed by atoms with Gasteiger partial charge >= 0.3 is 6.03 Å². The van der Waals surface area contributed by atoms with Gasteiger partial charge in [0.1, 0.15) is 5.75 Å². The lowest BCUT2D eigenvalue weighted by Gasteiger charge is -2.15. The Bertz CT molecular complexity index is 401. The third-order valence-corrected chi connectivity index (χ3v) is 2.17. The Labute approximate surface area is 86.6 Å². The van der Waals surface area contributed by atoms with E-state index in [4.69, 9.17) is 4.74 Å². The van der Waals surface area contributed by atoms with Crippen molar-refractivity contribution in [2.75, 3.05) is 18.6 Å². The Morgan fingerprint density at radius 3 is 2.67 bits per heavy atom. The number of benzene rings is 1. The number of anilines is 1. The average Bonchev–Trinajstić information content (AvgIpc) is 2.59. The average molecular weight is 206 g/mol. The predicted octanol–water partition coefficient (Wildman–Crippen LogP) is 0.751. The minimum Gasteiger partial charge on any atom is -0.495 e. The highest BCUT2D eigenvalue weighted by atomic mass is 16.5. The number of methoxy groups -OCH3 is 1. The summed E-state index contributed by atoms with van der Waals surface area (Å²) in [4.78, 5) is 23.9. The van der Waals surface area contributed by atoms with Crippen molar-refractivity contribution in [2.24, 2.45) is 0 Å². The zero-order valence-corrected chi connectivity index (χ0v) is 8.19. The Morgan fingerprint density at radius 2 is 2.07 bits per heavy atom. The summed E-state index contributed by atoms with van der Waals surface area (Å²) in [7, 11) is 1.50. The molecule has 78 valence electrons. The SMILES string of the molecule is COc1ccccc1N1C(=O)CNC1=O. The molecule has 0 aromatic heterocycles. The summed E-state index contributed by atoms with van der Waals surface area (Å²) in [6.45, 7) is 0.0386. The number of rotatable bonds is 2. The van der Waals surface area contributed by atoms with Gasteiger partial charge in [-0.05, 0) is 12.1 Å². The topological polar surface area (TPSA) is 58.6 Å². The maximum Gasteiger partial charge on any atom is 0.329 e. The summed E-state index contributed by atoms with van der Waals surface area (Å²) in [5.74, 6) is 0.229. The number of urea groups is 1. The minimum atomic E-state index is -0.412. The third-order valence-electron chi connectivity index (χ3n) is 2.17. The molecule has 15 heavy (non-hydrogen) atoms. The molecule has 1 saturated heterocycles. The number of hydrogen-bond donors (Lipinski definition) is 1. The molecule has 1 fully saturated rings. The molecule has 1 aromatic carbocycles. The smallest absolute Gasteiger partial charge is 0.329 e. The lowest BCUT2D eigenvalue weighted by molar-refractivity contribution is -0.115. The number of ether oxygens (including phenoxy) is 1. The summed E-state index contributed by atoms with van der Waals surface area (Å²) < 4.78 is 5.08. The molecule has 3 amide bonds. The highest BCUT2D eigenvalue weighted by molar-refractivity contribution is 6.20. The van der Waals surface area contributed by atoms with Crippen LogP contribution in [0.5, 0.6) is 5.75 Å². The van der Waals surface area contributed by atoms with Gasteiger partial charge in [0.2, 0.25) is 0 Å². The van der Waals surface area contributed by atoms with Crippen molar-refractivity contribution in [3.8, 4) is 5.75 Å². The molecule has 0 saturated carbocycles. The van der Waals surface area contributed by atoms with E-state index in [1.54, 1.807) is 24.3 Å². The number of nitrogens with one attached hydrogen (secondary N) is 1. The number of imide groups is 1. The van der Waals surface area contributed by atoms with Gasteiger partial charge in [0, 0.05) is 0 Å². The molecule has 2 rings (SSSR count). The van der Waals surface area contributed by atoms with Crippen molar-refractivity contribution in [2.45, 2.75) is 0 Å². The van der Waals surface area contributed by atoms with Crippen LogP contribution in [0, 0.1) is 0 Å². The van der Waals surface area contributed by atoms with Crippen molar-refractivity contribution in [3.05, 3.63) is 24.3 Å². The monoisotopic (exact) mass is 206 g/mol. The van der Waals surface area contributed by atoms with Gasteiger partial charge in [-0.1, -0.05) is 12.1 Å². The van der Waals surface area contributed by atoms with Crippen LogP contribution in [-0.4, -0.2) is 25.6 Å². The lowest BCUT2D eigenvalue weighted by atomic mass is 10.2. The van der Waals surface area contributed by atoms with Gasteiger partial charge in [-0.3, -0.25) is 4.79 Å². The third kappa shape index (κ3) is 1.52. The van der Waals surface area contributed by atoms with E-state index in [2.05, 4.69) is 5.32 Å². The first-order chi connectivity index (χ1) is 7.24. The molecular weight excluding hydrogens is 196 g/mol. The van der Waals surface area contributed by atoms with Gasteiger partial charge < -0.3 is 10.1 Å². The number of nitrogens with zero attached hydrogens (tertiary/aromatic N) is 1. The highest BCUT2D eigenvalue weighted by Crippen LogP contribution is 2.28. The van der Waals surface area contributed by atoms with Crippen molar-refractivity contribution in [1.82, 2.24) is 5.32 Å². The second-order valence-electron chi connectivity index (χ2n) is 3.06. The van der Waals surface area contributed by atoms with E-state index in [1.807, 2.05) is 0 Å². The maximum absolute atomic E-state index is 11.4. The molecule has 5 nitrogen and oxygen atoms in total. The second-order valence-corrected chi connectivity index (χ2v) is 3.06. The molecule has 0 unspecified atom stereocenters. The molecule has 0 bridgehead atoms. The molecule has 1 heterocycles. The summed E-state index contributed by atoms with van der Waals surface area (Å²) in [5.41, 5.74) is 0.472. The van der Waals surface area contributed by atoms with Gasteiger partial charge in [0.05, 0.1) is 19.3 Å². The number of carbonyl (C=O) groups excluding carboxylic acids is 2. The van der Waals surface area contributed by atoms with Crippen LogP contribution < -0.4 is 15.0 Å². The van der Waals surface area contributed by atoms with Crippen LogP contribution in [-0.2, 0) is 4.79 Å². The van der Waals surface area contributed by atoms with Gasteiger partial charge in [-0.2, -0.15) is 0 Å². The predicted molar refractivity (Wildman–Crippen MR) is 53.9 cm³/mol. The van der Waals surface area contributed by atoms with E-state index in [0.29, 0.717) is 11.4 Å². The quantitative estimate of drug-likeness (QED) is 0.726. The van der Waals surface area contributed by atoms with Crippen LogP contribution >= 0.6 is 0 Å². The molecule has 0 radical (unpaired) electrons. The summed E-state index contributed by atoms with van der Waals surface area (Å²) in [6, 6.07) is 6.48. The van der Waals surface area contributed by atoms with Gasteiger partial charge in [0.15, 0.2) is 0 Å². The van der Waals surface area contributed by atoms with E-state index in [-0.39, 0.29) is 12.5 Å². The molecular formula is C10H10N2O3. The summed E-state index contributed by atoms with van der Waals surface area (Å²) in [6.07, 6.45) is 0. The lowest BCUT2D eigenvalue weighted by Crippen LogP contribution is -2.30. The highest BCUT2D eigenvalue weighted by Gasteiger charge is 2.31. The minimum absolute atomic E-state index is 0.0386. The Balaban J connectivity index is 2.44. The fraction of sp³-hybridized carbons (Fsp3) is 0.200. The summed E-state index contributed by atoms with van der Waals surface area (Å²) >= 11 is 0. The van der Waals surface area contributed by atoms with Gasteiger partial charge in [-0.25, -0.2) is 9.69 Å². The molecule has 1 aliphatic heterocycles. The second kappa shape index (κ2) is 3.61. The zero-order valence-electron chi connectivity index (χ0n) is 8.19. The van der Waals surface area contributed by atoms with Gasteiger partial charge in [-0.15, -0.1) is 0 Å². The fourth-order valence-electron chi connectivity index (χ4n) is 1.48. The van der Waals surface area contributed by atoms with Crippen molar-refractivity contribution < 1.29 is 14.3 Å². The van der Waals surface area contributed by atoms with Gasteiger partial charge in [0.25, 0.3) is 5.91 Å². The first kappa shape index (κ1) is 9.51. The van der Waals surface area contributed by atoms with Crippen molar-refractivity contribution in [1.29, 1.82) is 0 Å². The van der Waals surface area contributed by atoms with Crippen LogP contribution in [0.2, 0.25) is 0 Å². The van der Waals surface area contributed by atoms with E-state index in [0.717, 1.165) is 4.90 Å². The molecule has 5 heteroatoms. The Hall–Kier alpha value is -2.04. The molecule has 1 N–H and O–H groups in total. The number of hydrogen-bond acceptors (Lipinski definition) is 3. The molecule has 0 aliphatic carbocycles. The van der Waals surface area contributed by atoms with Crippen LogP contribution in [0.25, 0.3) is 0 Å². The number of amides is 3. The first-order valence-corrected chi connectivity index (χ1v) is 4.48. The summed E-state index contributed by atoms with van der Waals surface area (Å²) in [5, 5.41) is 2.45. The van der Waals surface area contributed by atoms with E-state index in [9.17, 15) is 9.59 Å². The van der Waals surface area contributed by atoms with E-state index in [1.165, 1.54) is 7.11 Å². The zero-order chi connectivity index (χ0) is 10.8. The van der Waals surface area contributed by atoms with Crippen molar-refractivity contribution >= 4 is 17.6 Å². The Morgan fingerprint density at radius 1 is 1.33 bits per heavy atom. The van der Waals surface area contributed by atoms with E-state index >= 15 is 0 Å². The fourth-order valence-corrected chi connectivity index (χ4v) is 1.48. The maximum atomic E-state index is 11.4. The number of para-hydroxylation sites is 2. The largest absolute Gasteiger partial charge is 0.495 e. The van der Waals surface area contributed by atoms with Crippen molar-refractivity contribution in [3.63, 3.8) is 0 Å². The van der Waals surface area contributed by atoms with E-state index < -0.39 is 6.03 Å². The molecule has 0 atom stereocenters. The number of carbonyl (C=O) groups is 2. The molecule has 1 aliphatic rings. The van der Waals surface area contributed by atoms with Crippen LogP contribution in [0.4, 0.5) is 10.5 Å².